The van der Waals surface area contributed by atoms with Crippen molar-refractivity contribution in [3.63, 3.8) is 0 Å². The molecule has 2 fully saturated rings. The summed E-state index contributed by atoms with van der Waals surface area (Å²) in [4.78, 5) is 9.43. The van der Waals surface area contributed by atoms with Crippen LogP contribution in [0.15, 0.2) is 4.99 Å². The van der Waals surface area contributed by atoms with E-state index in [1.807, 2.05) is 0 Å². The van der Waals surface area contributed by atoms with Gasteiger partial charge in [-0.15, -0.1) is 24.8 Å². The van der Waals surface area contributed by atoms with Crippen LogP contribution in [0.5, 0.6) is 0 Å². The summed E-state index contributed by atoms with van der Waals surface area (Å²) in [5.41, 5.74) is 6.18. The van der Waals surface area contributed by atoms with Crippen molar-refractivity contribution in [3.05, 3.63) is 0 Å². The summed E-state index contributed by atoms with van der Waals surface area (Å²) in [6.07, 6.45) is 14.6. The lowest BCUT2D eigenvalue weighted by Gasteiger charge is -2.28. The minimum absolute atomic E-state index is 0. The van der Waals surface area contributed by atoms with E-state index in [-0.39, 0.29) is 24.8 Å². The molecule has 0 atom stereocenters. The molecule has 1 aliphatic heterocycles. The van der Waals surface area contributed by atoms with E-state index in [1.54, 1.807) is 0 Å². The van der Waals surface area contributed by atoms with E-state index in [0.717, 1.165) is 12.5 Å². The van der Waals surface area contributed by atoms with Crippen LogP contribution in [0.2, 0.25) is 0 Å². The first-order valence-electron chi connectivity index (χ1n) is 9.52. The van der Waals surface area contributed by atoms with Gasteiger partial charge in [0.25, 0.3) is 0 Å². The lowest BCUT2D eigenvalue weighted by Crippen LogP contribution is -2.41. The molecule has 0 spiro atoms. The molecule has 0 aromatic rings. The number of nitrogens with zero attached hydrogens (tertiary/aromatic N) is 3. The Bertz CT molecular complexity index is 325. The van der Waals surface area contributed by atoms with Gasteiger partial charge in [-0.2, -0.15) is 0 Å². The lowest BCUT2D eigenvalue weighted by atomic mass is 10.1. The minimum atomic E-state index is 0. The van der Waals surface area contributed by atoms with E-state index in [1.165, 1.54) is 90.3 Å². The highest BCUT2D eigenvalue weighted by Crippen LogP contribution is 2.20. The third-order valence-electron chi connectivity index (χ3n) is 5.34. The molecule has 0 aromatic carbocycles. The number of aliphatic imine (C=N–C) groups is 1. The number of rotatable bonds is 7. The lowest BCUT2D eigenvalue weighted by molar-refractivity contribution is 0.324. The van der Waals surface area contributed by atoms with Gasteiger partial charge in [0, 0.05) is 19.6 Å². The molecule has 4 nitrogen and oxygen atoms in total. The van der Waals surface area contributed by atoms with Crippen LogP contribution >= 0.6 is 24.8 Å². The zero-order chi connectivity index (χ0) is 15.6. The van der Waals surface area contributed by atoms with E-state index in [0.29, 0.717) is 6.04 Å². The zero-order valence-electron chi connectivity index (χ0n) is 15.4. The van der Waals surface area contributed by atoms with Crippen LogP contribution in [0, 0.1) is 0 Å². The Morgan fingerprint density at radius 3 is 2.21 bits per heavy atom. The number of guanidine groups is 1. The van der Waals surface area contributed by atoms with Gasteiger partial charge in [-0.1, -0.05) is 32.1 Å². The van der Waals surface area contributed by atoms with Gasteiger partial charge in [-0.3, -0.25) is 4.99 Å². The average Bonchev–Trinajstić information content (AvgIpc) is 2.90. The van der Waals surface area contributed by atoms with Crippen molar-refractivity contribution >= 4 is 30.8 Å². The molecule has 0 aromatic heterocycles. The second kappa shape index (κ2) is 14.0. The van der Waals surface area contributed by atoms with Crippen molar-refractivity contribution in [2.24, 2.45) is 10.7 Å². The van der Waals surface area contributed by atoms with Gasteiger partial charge in [-0.25, -0.2) is 0 Å². The Morgan fingerprint density at radius 2 is 1.58 bits per heavy atom. The van der Waals surface area contributed by atoms with Crippen molar-refractivity contribution < 1.29 is 0 Å². The molecule has 144 valence electrons. The van der Waals surface area contributed by atoms with Crippen molar-refractivity contribution in [3.8, 4) is 0 Å². The van der Waals surface area contributed by atoms with Gasteiger partial charge >= 0.3 is 0 Å². The van der Waals surface area contributed by atoms with Crippen LogP contribution in [0.3, 0.4) is 0 Å². The number of hydrogen-bond acceptors (Lipinski definition) is 2. The first-order valence-corrected chi connectivity index (χ1v) is 9.52. The summed E-state index contributed by atoms with van der Waals surface area (Å²) in [6.45, 7) is 4.80. The van der Waals surface area contributed by atoms with Crippen LogP contribution in [-0.2, 0) is 0 Å². The first-order chi connectivity index (χ1) is 10.8. The molecule has 2 rings (SSSR count). The largest absolute Gasteiger partial charge is 0.370 e. The molecular weight excluding hydrogens is 343 g/mol. The van der Waals surface area contributed by atoms with Gasteiger partial charge < -0.3 is 15.5 Å². The first kappa shape index (κ1) is 23.8. The topological polar surface area (TPSA) is 44.9 Å². The summed E-state index contributed by atoms with van der Waals surface area (Å²) in [5, 5.41) is 0. The van der Waals surface area contributed by atoms with Crippen LogP contribution in [-0.4, -0.2) is 55.0 Å². The third kappa shape index (κ3) is 8.77. The summed E-state index contributed by atoms with van der Waals surface area (Å²) in [7, 11) is 2.13. The fraction of sp³-hybridized carbons (Fsp3) is 0.944. The molecule has 1 heterocycles. The average molecular weight is 381 g/mol. The van der Waals surface area contributed by atoms with Crippen LogP contribution in [0.25, 0.3) is 0 Å². The molecule has 0 radical (unpaired) electrons. The van der Waals surface area contributed by atoms with Crippen LogP contribution < -0.4 is 5.73 Å². The molecular formula is C18H38Cl2N4. The predicted octanol–water partition coefficient (Wildman–Crippen LogP) is 4.07. The van der Waals surface area contributed by atoms with Crippen molar-refractivity contribution in [2.45, 2.75) is 76.7 Å². The van der Waals surface area contributed by atoms with Crippen LogP contribution in [0.4, 0.5) is 0 Å². The zero-order valence-corrected chi connectivity index (χ0v) is 17.1. The van der Waals surface area contributed by atoms with Crippen molar-refractivity contribution in [2.75, 3.05) is 33.2 Å². The number of likely N-dealkylation sites (tertiary alicyclic amines) is 1. The van der Waals surface area contributed by atoms with Crippen LogP contribution in [0.1, 0.15) is 70.6 Å². The SMILES string of the molecule is CN(C(N)=NCCCCCN1CCCC1)C1CCCCCC1.Cl.Cl. The molecule has 1 aliphatic carbocycles. The summed E-state index contributed by atoms with van der Waals surface area (Å²) < 4.78 is 0. The molecule has 1 saturated carbocycles. The summed E-state index contributed by atoms with van der Waals surface area (Å²) >= 11 is 0. The normalized spacial score (nSPS) is 20.1. The second-order valence-electron chi connectivity index (χ2n) is 7.11. The Morgan fingerprint density at radius 1 is 0.958 bits per heavy atom. The van der Waals surface area contributed by atoms with Gasteiger partial charge in [0.05, 0.1) is 0 Å². The van der Waals surface area contributed by atoms with E-state index < -0.39 is 0 Å². The molecule has 0 unspecified atom stereocenters. The highest BCUT2D eigenvalue weighted by Gasteiger charge is 2.18. The van der Waals surface area contributed by atoms with E-state index in [9.17, 15) is 0 Å². The third-order valence-corrected chi connectivity index (χ3v) is 5.34. The molecule has 6 heteroatoms. The number of halogens is 2. The predicted molar refractivity (Wildman–Crippen MR) is 110 cm³/mol. The number of unbranched alkanes of at least 4 members (excludes halogenated alkanes) is 2. The maximum Gasteiger partial charge on any atom is 0.191 e. The fourth-order valence-electron chi connectivity index (χ4n) is 3.77. The highest BCUT2D eigenvalue weighted by molar-refractivity contribution is 5.85. The second-order valence-corrected chi connectivity index (χ2v) is 7.11. The number of nitrogens with two attached hydrogens (primary N) is 1. The molecule has 1 saturated heterocycles. The van der Waals surface area contributed by atoms with Gasteiger partial charge in [0.15, 0.2) is 5.96 Å². The Kier molecular flexibility index (Phi) is 13.9. The minimum Gasteiger partial charge on any atom is -0.370 e. The quantitative estimate of drug-likeness (QED) is 0.313. The molecule has 2 aliphatic rings. The van der Waals surface area contributed by atoms with E-state index >= 15 is 0 Å². The Hall–Kier alpha value is -0.190. The molecule has 0 bridgehead atoms. The summed E-state index contributed by atoms with van der Waals surface area (Å²) in [5.74, 6) is 0.756. The molecule has 2 N–H and O–H groups in total. The smallest absolute Gasteiger partial charge is 0.191 e. The van der Waals surface area contributed by atoms with Gasteiger partial charge in [0.2, 0.25) is 0 Å². The Balaban J connectivity index is 0.00000264. The molecule has 0 amide bonds. The maximum atomic E-state index is 6.18. The number of hydrogen-bond donors (Lipinski definition) is 1. The van der Waals surface area contributed by atoms with Crippen molar-refractivity contribution in [1.82, 2.24) is 9.80 Å². The standard InChI is InChI=1S/C18H36N4.2ClH/c1-21(17-11-5-2-3-6-12-17)18(19)20-13-7-4-8-14-22-15-9-10-16-22;;/h17H,2-16H2,1H3,(H2,19,20);2*1H. The fourth-order valence-corrected chi connectivity index (χ4v) is 3.77. The summed E-state index contributed by atoms with van der Waals surface area (Å²) in [6, 6.07) is 0.612. The molecule has 24 heavy (non-hydrogen) atoms. The van der Waals surface area contributed by atoms with Gasteiger partial charge in [-0.05, 0) is 58.2 Å². The van der Waals surface area contributed by atoms with Gasteiger partial charge in [0.1, 0.15) is 0 Å². The van der Waals surface area contributed by atoms with Crippen molar-refractivity contribution in [1.29, 1.82) is 0 Å². The monoisotopic (exact) mass is 380 g/mol. The van der Waals surface area contributed by atoms with E-state index in [4.69, 9.17) is 5.73 Å². The Labute approximate surface area is 161 Å². The maximum absolute atomic E-state index is 6.18. The highest BCUT2D eigenvalue weighted by atomic mass is 35.5. The van der Waals surface area contributed by atoms with E-state index in [2.05, 4.69) is 21.8 Å².